The Morgan fingerprint density at radius 3 is 2.64 bits per heavy atom. The molecule has 1 aliphatic rings. The highest BCUT2D eigenvalue weighted by molar-refractivity contribution is 5.75. The summed E-state index contributed by atoms with van der Waals surface area (Å²) in [5, 5.41) is 8.92. The molecule has 0 aromatic heterocycles. The summed E-state index contributed by atoms with van der Waals surface area (Å²) in [6, 6.07) is 0. The van der Waals surface area contributed by atoms with Gasteiger partial charge in [0.2, 0.25) is 0 Å². The topological polar surface area (TPSA) is 46.5 Å². The summed E-state index contributed by atoms with van der Waals surface area (Å²) in [6.07, 6.45) is 11.2. The Morgan fingerprint density at radius 2 is 1.93 bits per heavy atom. The second kappa shape index (κ2) is 5.19. The Morgan fingerprint density at radius 1 is 1.29 bits per heavy atom. The fourth-order valence-electron chi connectivity index (χ4n) is 0.818. The molecule has 0 saturated carbocycles. The first-order chi connectivity index (χ1) is 6.70. The maximum Gasteiger partial charge on any atom is 0.340 e. The van der Waals surface area contributed by atoms with Gasteiger partial charge in [0.25, 0.3) is 0 Å². The van der Waals surface area contributed by atoms with Crippen LogP contribution in [0.3, 0.4) is 0 Å². The number of esters is 1. The van der Waals surface area contributed by atoms with Crippen molar-refractivity contribution in [2.24, 2.45) is 0 Å². The molecule has 0 aromatic rings. The molecular formula is C11H12O3. The summed E-state index contributed by atoms with van der Waals surface area (Å²) in [6.45, 7) is 1.37. The van der Waals surface area contributed by atoms with E-state index in [1.165, 1.54) is 6.92 Å². The molecular weight excluding hydrogens is 180 g/mol. The molecule has 74 valence electrons. The Labute approximate surface area is 82.7 Å². The van der Waals surface area contributed by atoms with Crippen molar-refractivity contribution in [1.29, 1.82) is 0 Å². The van der Waals surface area contributed by atoms with Crippen molar-refractivity contribution in [1.82, 2.24) is 0 Å². The lowest BCUT2D eigenvalue weighted by Gasteiger charge is -2.06. The van der Waals surface area contributed by atoms with Gasteiger partial charge in [-0.3, -0.25) is 0 Å². The number of allylic oxidation sites excluding steroid dienone is 7. The van der Waals surface area contributed by atoms with Crippen LogP contribution in [0, 0.1) is 0 Å². The average molecular weight is 192 g/mol. The van der Waals surface area contributed by atoms with E-state index in [1.807, 2.05) is 18.2 Å². The molecule has 0 heterocycles. The van der Waals surface area contributed by atoms with Crippen LogP contribution in [-0.2, 0) is 9.53 Å². The third-order valence-electron chi connectivity index (χ3n) is 1.52. The lowest BCUT2D eigenvalue weighted by Crippen LogP contribution is -2.18. The van der Waals surface area contributed by atoms with Crippen molar-refractivity contribution in [2.45, 2.75) is 13.0 Å². The second-order valence-corrected chi connectivity index (χ2v) is 2.80. The van der Waals surface area contributed by atoms with Gasteiger partial charge in [0, 0.05) is 0 Å². The number of carbonyl (C=O) groups is 1. The minimum Gasteiger partial charge on any atom is -0.425 e. The summed E-state index contributed by atoms with van der Waals surface area (Å²) in [5.41, 5.74) is 0. The molecule has 1 unspecified atom stereocenters. The minimum absolute atomic E-state index is 0.413. The SMILES string of the molecule is CC(O)C(=O)OC1=CC=CC=CC=C1. The van der Waals surface area contributed by atoms with E-state index >= 15 is 0 Å². The Kier molecular flexibility index (Phi) is 3.88. The third-order valence-corrected chi connectivity index (χ3v) is 1.52. The zero-order valence-electron chi connectivity index (χ0n) is 7.88. The standard InChI is InChI=1S/C11H12O3/c1-9(12)11(13)14-10-7-5-3-2-4-6-8-10/h2-9,12H,1H3. The molecule has 0 bridgehead atoms. The molecule has 1 aliphatic carbocycles. The van der Waals surface area contributed by atoms with E-state index in [0.717, 1.165) is 0 Å². The molecule has 1 N–H and O–H groups in total. The molecule has 0 amide bonds. The zero-order chi connectivity index (χ0) is 10.4. The Bertz CT molecular complexity index is 319. The van der Waals surface area contributed by atoms with Crippen molar-refractivity contribution in [3.05, 3.63) is 48.3 Å². The third kappa shape index (κ3) is 3.41. The fraction of sp³-hybridized carbons (Fsp3) is 0.182. The molecule has 0 aliphatic heterocycles. The minimum atomic E-state index is -1.10. The monoisotopic (exact) mass is 192 g/mol. The van der Waals surface area contributed by atoms with Gasteiger partial charge >= 0.3 is 5.97 Å². The fourth-order valence-corrected chi connectivity index (χ4v) is 0.818. The summed E-state index contributed by atoms with van der Waals surface area (Å²) in [4.78, 5) is 11.0. The van der Waals surface area contributed by atoms with Crippen LogP contribution in [0.1, 0.15) is 6.92 Å². The van der Waals surface area contributed by atoms with Gasteiger partial charge in [-0.05, 0) is 19.1 Å². The van der Waals surface area contributed by atoms with Crippen LogP contribution < -0.4 is 0 Å². The van der Waals surface area contributed by atoms with Crippen molar-refractivity contribution < 1.29 is 14.6 Å². The van der Waals surface area contributed by atoms with Crippen molar-refractivity contribution >= 4 is 5.97 Å². The first kappa shape index (κ1) is 10.5. The van der Waals surface area contributed by atoms with Crippen molar-refractivity contribution in [3.63, 3.8) is 0 Å². The molecule has 3 nitrogen and oxygen atoms in total. The van der Waals surface area contributed by atoms with Gasteiger partial charge < -0.3 is 9.84 Å². The lowest BCUT2D eigenvalue weighted by atomic mass is 10.3. The molecule has 14 heavy (non-hydrogen) atoms. The highest BCUT2D eigenvalue weighted by Crippen LogP contribution is 2.05. The summed E-state index contributed by atoms with van der Waals surface area (Å²) in [5.74, 6) is -0.240. The summed E-state index contributed by atoms with van der Waals surface area (Å²) in [7, 11) is 0. The van der Waals surface area contributed by atoms with Crippen molar-refractivity contribution in [2.75, 3.05) is 0 Å². The molecule has 0 saturated heterocycles. The smallest absolute Gasteiger partial charge is 0.340 e. The first-order valence-corrected chi connectivity index (χ1v) is 4.31. The van der Waals surface area contributed by atoms with Crippen LogP contribution in [0.25, 0.3) is 0 Å². The van der Waals surface area contributed by atoms with Gasteiger partial charge in [-0.2, -0.15) is 0 Å². The van der Waals surface area contributed by atoms with Crippen LogP contribution in [0.5, 0.6) is 0 Å². The molecule has 1 rings (SSSR count). The van der Waals surface area contributed by atoms with Crippen LogP contribution >= 0.6 is 0 Å². The predicted molar refractivity (Wildman–Crippen MR) is 53.3 cm³/mol. The zero-order valence-corrected chi connectivity index (χ0v) is 7.88. The second-order valence-electron chi connectivity index (χ2n) is 2.80. The van der Waals surface area contributed by atoms with Crippen molar-refractivity contribution in [3.8, 4) is 0 Å². The van der Waals surface area contributed by atoms with E-state index in [9.17, 15) is 4.79 Å². The van der Waals surface area contributed by atoms with Gasteiger partial charge in [0.05, 0.1) is 0 Å². The maximum absolute atomic E-state index is 11.0. The van der Waals surface area contributed by atoms with E-state index in [-0.39, 0.29) is 0 Å². The largest absolute Gasteiger partial charge is 0.425 e. The average Bonchev–Trinajstić information content (AvgIpc) is 2.08. The Hall–Kier alpha value is -1.61. The van der Waals surface area contributed by atoms with E-state index in [1.54, 1.807) is 24.3 Å². The highest BCUT2D eigenvalue weighted by Gasteiger charge is 2.11. The molecule has 0 spiro atoms. The van der Waals surface area contributed by atoms with E-state index < -0.39 is 12.1 Å². The first-order valence-electron chi connectivity index (χ1n) is 4.31. The van der Waals surface area contributed by atoms with Crippen LogP contribution in [-0.4, -0.2) is 17.2 Å². The molecule has 1 atom stereocenters. The van der Waals surface area contributed by atoms with E-state index in [2.05, 4.69) is 0 Å². The Balaban J connectivity index is 2.64. The summed E-state index contributed by atoms with van der Waals surface area (Å²) >= 11 is 0. The number of aliphatic hydroxyl groups is 1. The maximum atomic E-state index is 11.0. The van der Waals surface area contributed by atoms with Crippen LogP contribution in [0.15, 0.2) is 48.3 Å². The number of ether oxygens (including phenoxy) is 1. The van der Waals surface area contributed by atoms with Gasteiger partial charge in [-0.25, -0.2) is 4.79 Å². The van der Waals surface area contributed by atoms with Gasteiger partial charge in [0.15, 0.2) is 0 Å². The molecule has 0 aromatic carbocycles. The van der Waals surface area contributed by atoms with E-state index in [0.29, 0.717) is 5.76 Å². The molecule has 0 fully saturated rings. The normalized spacial score (nSPS) is 16.9. The number of rotatable bonds is 2. The van der Waals surface area contributed by atoms with Gasteiger partial charge in [0.1, 0.15) is 11.9 Å². The highest BCUT2D eigenvalue weighted by atomic mass is 16.5. The predicted octanol–water partition coefficient (Wildman–Crippen LogP) is 1.48. The lowest BCUT2D eigenvalue weighted by molar-refractivity contribution is -0.147. The van der Waals surface area contributed by atoms with Crippen LogP contribution in [0.4, 0.5) is 0 Å². The van der Waals surface area contributed by atoms with E-state index in [4.69, 9.17) is 9.84 Å². The number of hydrogen-bond acceptors (Lipinski definition) is 3. The van der Waals surface area contributed by atoms with Crippen LogP contribution in [0.2, 0.25) is 0 Å². The van der Waals surface area contributed by atoms with Gasteiger partial charge in [-0.1, -0.05) is 30.4 Å². The number of carbonyl (C=O) groups excluding carboxylic acids is 1. The summed E-state index contributed by atoms with van der Waals surface area (Å²) < 4.78 is 4.89. The molecule has 3 heteroatoms. The quantitative estimate of drug-likeness (QED) is 0.674. The number of aliphatic hydroxyl groups excluding tert-OH is 1. The molecule has 0 radical (unpaired) electrons. The number of hydrogen-bond donors (Lipinski definition) is 1. The van der Waals surface area contributed by atoms with Gasteiger partial charge in [-0.15, -0.1) is 0 Å².